The molecular weight excluding hydrogens is 176 g/mol. The standard InChI is InChI=1S/C10H20N4/c1-7-12-13-8(14(7)6)9(2,3)10(4,5)11/h11H2,1-6H3. The third kappa shape index (κ3) is 1.54. The van der Waals surface area contributed by atoms with Crippen molar-refractivity contribution in [1.82, 2.24) is 14.8 Å². The molecular formula is C10H20N4. The molecule has 1 aromatic heterocycles. The van der Waals surface area contributed by atoms with Gasteiger partial charge in [0.15, 0.2) is 0 Å². The highest BCUT2D eigenvalue weighted by Gasteiger charge is 2.39. The van der Waals surface area contributed by atoms with Crippen molar-refractivity contribution in [3.63, 3.8) is 0 Å². The van der Waals surface area contributed by atoms with E-state index in [1.54, 1.807) is 0 Å². The molecule has 0 saturated heterocycles. The molecule has 0 amide bonds. The first-order valence-electron chi connectivity index (χ1n) is 4.83. The Bertz CT molecular complexity index is 330. The van der Waals surface area contributed by atoms with E-state index >= 15 is 0 Å². The number of aryl methyl sites for hydroxylation is 1. The molecule has 0 aromatic carbocycles. The molecule has 0 aliphatic rings. The average molecular weight is 196 g/mol. The number of rotatable bonds is 2. The van der Waals surface area contributed by atoms with E-state index in [1.807, 2.05) is 32.4 Å². The van der Waals surface area contributed by atoms with Gasteiger partial charge in [-0.1, -0.05) is 13.8 Å². The van der Waals surface area contributed by atoms with E-state index < -0.39 is 0 Å². The van der Waals surface area contributed by atoms with Crippen LogP contribution in [0.1, 0.15) is 39.3 Å². The Balaban J connectivity index is 3.23. The van der Waals surface area contributed by atoms with E-state index in [-0.39, 0.29) is 11.0 Å². The largest absolute Gasteiger partial charge is 0.325 e. The highest BCUT2D eigenvalue weighted by molar-refractivity contribution is 5.14. The lowest BCUT2D eigenvalue weighted by molar-refractivity contribution is 0.284. The average Bonchev–Trinajstić information content (AvgIpc) is 2.30. The molecule has 0 aliphatic heterocycles. The lowest BCUT2D eigenvalue weighted by Crippen LogP contribution is -2.51. The molecule has 1 rings (SSSR count). The maximum Gasteiger partial charge on any atom is 0.140 e. The van der Waals surface area contributed by atoms with Crippen molar-refractivity contribution in [3.8, 4) is 0 Å². The van der Waals surface area contributed by atoms with E-state index in [1.165, 1.54) is 0 Å². The van der Waals surface area contributed by atoms with Crippen molar-refractivity contribution in [1.29, 1.82) is 0 Å². The summed E-state index contributed by atoms with van der Waals surface area (Å²) >= 11 is 0. The fraction of sp³-hybridized carbons (Fsp3) is 0.800. The molecule has 0 radical (unpaired) electrons. The molecule has 0 bridgehead atoms. The first-order chi connectivity index (χ1) is 6.18. The van der Waals surface area contributed by atoms with Gasteiger partial charge in [0.1, 0.15) is 11.6 Å². The van der Waals surface area contributed by atoms with Gasteiger partial charge in [0.2, 0.25) is 0 Å². The first-order valence-corrected chi connectivity index (χ1v) is 4.83. The second-order valence-electron chi connectivity index (χ2n) is 4.98. The van der Waals surface area contributed by atoms with Crippen molar-refractivity contribution >= 4 is 0 Å². The van der Waals surface area contributed by atoms with Gasteiger partial charge in [0, 0.05) is 18.0 Å². The molecule has 4 heteroatoms. The van der Waals surface area contributed by atoms with Gasteiger partial charge < -0.3 is 10.3 Å². The van der Waals surface area contributed by atoms with E-state index in [4.69, 9.17) is 5.73 Å². The van der Waals surface area contributed by atoms with Crippen LogP contribution in [-0.4, -0.2) is 20.3 Å². The lowest BCUT2D eigenvalue weighted by Gasteiger charge is -2.37. The second-order valence-corrected chi connectivity index (χ2v) is 4.98. The third-order valence-corrected chi connectivity index (χ3v) is 3.26. The summed E-state index contributed by atoms with van der Waals surface area (Å²) in [4.78, 5) is 0. The van der Waals surface area contributed by atoms with Crippen LogP contribution in [0.15, 0.2) is 0 Å². The second kappa shape index (κ2) is 3.05. The molecule has 0 unspecified atom stereocenters. The minimum atomic E-state index is -0.319. The third-order valence-electron chi connectivity index (χ3n) is 3.26. The Labute approximate surface area is 85.5 Å². The topological polar surface area (TPSA) is 56.7 Å². The van der Waals surface area contributed by atoms with Crippen molar-refractivity contribution in [2.24, 2.45) is 12.8 Å². The quantitative estimate of drug-likeness (QED) is 0.771. The zero-order valence-electron chi connectivity index (χ0n) is 9.92. The Hall–Kier alpha value is -0.900. The van der Waals surface area contributed by atoms with Gasteiger partial charge in [0.05, 0.1) is 0 Å². The maximum absolute atomic E-state index is 6.14. The predicted octanol–water partition coefficient (Wildman–Crippen LogP) is 1.14. The van der Waals surface area contributed by atoms with Crippen LogP contribution >= 0.6 is 0 Å². The molecule has 1 aromatic rings. The number of nitrogens with two attached hydrogens (primary N) is 1. The molecule has 0 aliphatic carbocycles. The molecule has 0 spiro atoms. The molecule has 2 N–H and O–H groups in total. The summed E-state index contributed by atoms with van der Waals surface area (Å²) in [6.07, 6.45) is 0. The Morgan fingerprint density at radius 1 is 1.14 bits per heavy atom. The smallest absolute Gasteiger partial charge is 0.140 e. The summed E-state index contributed by atoms with van der Waals surface area (Å²) in [7, 11) is 1.97. The van der Waals surface area contributed by atoms with Crippen LogP contribution in [0.4, 0.5) is 0 Å². The number of hydrogen-bond acceptors (Lipinski definition) is 3. The van der Waals surface area contributed by atoms with Crippen molar-refractivity contribution < 1.29 is 0 Å². The monoisotopic (exact) mass is 196 g/mol. The summed E-state index contributed by atoms with van der Waals surface area (Å²) < 4.78 is 1.99. The van der Waals surface area contributed by atoms with Crippen molar-refractivity contribution in [2.75, 3.05) is 0 Å². The highest BCUT2D eigenvalue weighted by Crippen LogP contribution is 2.31. The van der Waals surface area contributed by atoms with Crippen LogP contribution in [0.2, 0.25) is 0 Å². The van der Waals surface area contributed by atoms with Gasteiger partial charge in [-0.15, -0.1) is 10.2 Å². The Morgan fingerprint density at radius 3 is 1.93 bits per heavy atom. The molecule has 0 atom stereocenters. The van der Waals surface area contributed by atoms with Gasteiger partial charge in [-0.2, -0.15) is 0 Å². The van der Waals surface area contributed by atoms with Crippen LogP contribution in [0.3, 0.4) is 0 Å². The SMILES string of the molecule is Cc1nnc(C(C)(C)C(C)(C)N)n1C. The van der Waals surface area contributed by atoms with Crippen LogP contribution in [0.5, 0.6) is 0 Å². The zero-order valence-corrected chi connectivity index (χ0v) is 9.92. The predicted molar refractivity (Wildman–Crippen MR) is 57.0 cm³/mol. The van der Waals surface area contributed by atoms with Gasteiger partial charge in [-0.05, 0) is 20.8 Å². The molecule has 4 nitrogen and oxygen atoms in total. The number of hydrogen-bond donors (Lipinski definition) is 1. The molecule has 14 heavy (non-hydrogen) atoms. The normalized spacial score (nSPS) is 13.4. The van der Waals surface area contributed by atoms with E-state index in [2.05, 4.69) is 24.0 Å². The molecule has 0 fully saturated rings. The minimum Gasteiger partial charge on any atom is -0.325 e. The zero-order chi connectivity index (χ0) is 11.1. The fourth-order valence-electron chi connectivity index (χ4n) is 1.24. The van der Waals surface area contributed by atoms with Gasteiger partial charge in [0.25, 0.3) is 0 Å². The number of aromatic nitrogens is 3. The summed E-state index contributed by atoms with van der Waals surface area (Å²) in [6, 6.07) is 0. The van der Waals surface area contributed by atoms with E-state index in [9.17, 15) is 0 Å². The summed E-state index contributed by atoms with van der Waals surface area (Å²) in [6.45, 7) is 10.1. The van der Waals surface area contributed by atoms with Gasteiger partial charge in [-0.25, -0.2) is 0 Å². The Kier molecular flexibility index (Phi) is 2.44. The summed E-state index contributed by atoms with van der Waals surface area (Å²) in [5.74, 6) is 1.85. The molecule has 80 valence electrons. The van der Waals surface area contributed by atoms with Gasteiger partial charge >= 0.3 is 0 Å². The summed E-state index contributed by atoms with van der Waals surface area (Å²) in [5, 5.41) is 8.24. The molecule has 1 heterocycles. The molecule has 0 saturated carbocycles. The lowest BCUT2D eigenvalue weighted by atomic mass is 9.74. The van der Waals surface area contributed by atoms with Crippen LogP contribution < -0.4 is 5.73 Å². The Morgan fingerprint density at radius 2 is 1.64 bits per heavy atom. The van der Waals surface area contributed by atoms with Crippen LogP contribution in [0.25, 0.3) is 0 Å². The van der Waals surface area contributed by atoms with Crippen LogP contribution in [-0.2, 0) is 12.5 Å². The van der Waals surface area contributed by atoms with Crippen molar-refractivity contribution in [2.45, 2.75) is 45.6 Å². The number of nitrogens with zero attached hydrogens (tertiary/aromatic N) is 3. The minimum absolute atomic E-state index is 0.191. The van der Waals surface area contributed by atoms with E-state index in [0.717, 1.165) is 11.6 Å². The fourth-order valence-corrected chi connectivity index (χ4v) is 1.24. The highest BCUT2D eigenvalue weighted by atomic mass is 15.3. The van der Waals surface area contributed by atoms with Crippen molar-refractivity contribution in [3.05, 3.63) is 11.6 Å². The maximum atomic E-state index is 6.14. The van der Waals surface area contributed by atoms with Gasteiger partial charge in [-0.3, -0.25) is 0 Å². The van der Waals surface area contributed by atoms with E-state index in [0.29, 0.717) is 0 Å². The first kappa shape index (κ1) is 11.2. The van der Waals surface area contributed by atoms with Crippen LogP contribution in [0, 0.1) is 6.92 Å². The summed E-state index contributed by atoms with van der Waals surface area (Å²) in [5.41, 5.74) is 5.63.